The number of H-pyrrole nitrogens is 1. The molecule has 3 heterocycles. The van der Waals surface area contributed by atoms with Crippen LogP contribution in [0, 0.1) is 11.8 Å². The maximum absolute atomic E-state index is 12.5. The molecule has 6 rings (SSSR count). The number of fused-ring (bicyclic) bond motifs is 1. The van der Waals surface area contributed by atoms with Gasteiger partial charge in [0.05, 0.1) is 12.3 Å². The monoisotopic (exact) mass is 430 g/mol. The summed E-state index contributed by atoms with van der Waals surface area (Å²) in [6, 6.07) is 14.3. The van der Waals surface area contributed by atoms with E-state index in [1.54, 1.807) is 4.57 Å². The number of carbonyl (C=O) groups is 1. The molecule has 7 heteroatoms. The molecule has 1 atom stereocenters. The number of nitrogens with one attached hydrogen (secondary N) is 1. The Bertz CT molecular complexity index is 1220. The van der Waals surface area contributed by atoms with Crippen molar-refractivity contribution in [1.82, 2.24) is 19.7 Å². The second-order valence-electron chi connectivity index (χ2n) is 9.17. The number of amides is 1. The van der Waals surface area contributed by atoms with E-state index in [9.17, 15) is 9.59 Å². The highest BCUT2D eigenvalue weighted by Gasteiger charge is 2.36. The standard InChI is InChI=1S/C25H26N4O3/c30-24(18-1-2-18)28-11-9-16(15-28)13-23-26-27-25(31)29(23)21-6-3-17(4-7-21)19-5-8-22-20(14-19)10-12-32-22/h3-8,14,16,18H,1-2,9-13,15H2,(H,27,31)/t16-/m0/s1. The number of carbonyl (C=O) groups excluding carboxylic acids is 1. The van der Waals surface area contributed by atoms with Gasteiger partial charge in [0.15, 0.2) is 0 Å². The van der Waals surface area contributed by atoms with Gasteiger partial charge in [-0.05, 0) is 66.1 Å². The number of hydrogen-bond acceptors (Lipinski definition) is 4. The summed E-state index contributed by atoms with van der Waals surface area (Å²) in [6.45, 7) is 2.32. The van der Waals surface area contributed by atoms with E-state index in [0.717, 1.165) is 73.8 Å². The molecule has 1 aliphatic carbocycles. The summed E-state index contributed by atoms with van der Waals surface area (Å²) < 4.78 is 7.26. The van der Waals surface area contributed by atoms with Gasteiger partial charge in [-0.1, -0.05) is 18.2 Å². The molecule has 3 aromatic rings. The zero-order valence-corrected chi connectivity index (χ0v) is 17.9. The summed E-state index contributed by atoms with van der Waals surface area (Å²) >= 11 is 0. The Morgan fingerprint density at radius 1 is 1.09 bits per heavy atom. The fourth-order valence-electron chi connectivity index (χ4n) is 4.95. The molecular formula is C25H26N4O3. The van der Waals surface area contributed by atoms with Crippen LogP contribution >= 0.6 is 0 Å². The van der Waals surface area contributed by atoms with Gasteiger partial charge in [0.1, 0.15) is 11.6 Å². The quantitative estimate of drug-likeness (QED) is 0.675. The van der Waals surface area contributed by atoms with E-state index in [1.807, 2.05) is 35.2 Å². The van der Waals surface area contributed by atoms with Crippen molar-refractivity contribution in [3.05, 3.63) is 64.3 Å². The molecule has 7 nitrogen and oxygen atoms in total. The zero-order chi connectivity index (χ0) is 21.7. The van der Waals surface area contributed by atoms with Crippen molar-refractivity contribution < 1.29 is 9.53 Å². The zero-order valence-electron chi connectivity index (χ0n) is 17.9. The average molecular weight is 431 g/mol. The van der Waals surface area contributed by atoms with Gasteiger partial charge in [0.25, 0.3) is 0 Å². The van der Waals surface area contributed by atoms with E-state index in [0.29, 0.717) is 18.2 Å². The lowest BCUT2D eigenvalue weighted by Gasteiger charge is -2.16. The first-order valence-corrected chi connectivity index (χ1v) is 11.5. The summed E-state index contributed by atoms with van der Waals surface area (Å²) in [5.74, 6) is 2.60. The van der Waals surface area contributed by atoms with Crippen molar-refractivity contribution in [3.8, 4) is 22.6 Å². The Hall–Kier alpha value is -3.35. The molecule has 32 heavy (non-hydrogen) atoms. The topological polar surface area (TPSA) is 80.2 Å². The predicted molar refractivity (Wildman–Crippen MR) is 120 cm³/mol. The van der Waals surface area contributed by atoms with Gasteiger partial charge in [-0.25, -0.2) is 14.5 Å². The number of rotatable bonds is 5. The van der Waals surface area contributed by atoms with Gasteiger partial charge in [-0.3, -0.25) is 4.79 Å². The first-order valence-electron chi connectivity index (χ1n) is 11.5. The summed E-state index contributed by atoms with van der Waals surface area (Å²) in [7, 11) is 0. The van der Waals surface area contributed by atoms with Crippen LogP contribution in [0.1, 0.15) is 30.7 Å². The molecule has 3 aliphatic rings. The average Bonchev–Trinajstić information content (AvgIpc) is 3.20. The van der Waals surface area contributed by atoms with E-state index in [4.69, 9.17) is 4.74 Å². The number of nitrogens with zero attached hydrogens (tertiary/aromatic N) is 3. The number of benzene rings is 2. The lowest BCUT2D eigenvalue weighted by atomic mass is 10.0. The van der Waals surface area contributed by atoms with E-state index in [1.165, 1.54) is 5.56 Å². The number of ether oxygens (including phenoxy) is 1. The summed E-state index contributed by atoms with van der Waals surface area (Å²) in [4.78, 5) is 26.9. The van der Waals surface area contributed by atoms with Crippen molar-refractivity contribution in [2.24, 2.45) is 11.8 Å². The molecule has 2 aliphatic heterocycles. The first kappa shape index (κ1) is 19.3. The number of hydrogen-bond donors (Lipinski definition) is 1. The Kier molecular flexibility index (Phi) is 4.63. The van der Waals surface area contributed by atoms with Crippen LogP contribution in [0.2, 0.25) is 0 Å². The van der Waals surface area contributed by atoms with Crippen LogP contribution in [0.4, 0.5) is 0 Å². The van der Waals surface area contributed by atoms with E-state index >= 15 is 0 Å². The molecule has 1 saturated heterocycles. The molecule has 2 aromatic carbocycles. The highest BCUT2D eigenvalue weighted by atomic mass is 16.5. The third-order valence-electron chi connectivity index (χ3n) is 6.89. The van der Waals surface area contributed by atoms with Crippen LogP contribution in [0.25, 0.3) is 16.8 Å². The lowest BCUT2D eigenvalue weighted by molar-refractivity contribution is -0.131. The molecule has 164 valence electrons. The highest BCUT2D eigenvalue weighted by molar-refractivity contribution is 5.81. The summed E-state index contributed by atoms with van der Waals surface area (Å²) in [6.07, 6.45) is 4.66. The minimum atomic E-state index is -0.230. The van der Waals surface area contributed by atoms with Crippen LogP contribution in [0.5, 0.6) is 5.75 Å². The van der Waals surface area contributed by atoms with Crippen molar-refractivity contribution >= 4 is 5.91 Å². The fraction of sp³-hybridized carbons (Fsp3) is 0.400. The predicted octanol–water partition coefficient (Wildman–Crippen LogP) is 2.96. The van der Waals surface area contributed by atoms with Crippen LogP contribution in [0.15, 0.2) is 47.3 Å². The fourth-order valence-corrected chi connectivity index (χ4v) is 4.95. The molecule has 0 bridgehead atoms. The van der Waals surface area contributed by atoms with Gasteiger partial charge in [-0.15, -0.1) is 0 Å². The SMILES string of the molecule is O=C(C1CC1)N1CC[C@@H](Cc2n[nH]c(=O)n2-c2ccc(-c3ccc4c(c3)CCO4)cc2)C1. The number of aromatic nitrogens is 3. The molecule has 1 aromatic heterocycles. The second kappa shape index (κ2) is 7.65. The molecule has 1 N–H and O–H groups in total. The minimum absolute atomic E-state index is 0.230. The molecule has 1 saturated carbocycles. The minimum Gasteiger partial charge on any atom is -0.493 e. The Morgan fingerprint density at radius 2 is 1.91 bits per heavy atom. The molecule has 0 spiro atoms. The molecular weight excluding hydrogens is 404 g/mol. The summed E-state index contributed by atoms with van der Waals surface area (Å²) in [5, 5.41) is 6.91. The van der Waals surface area contributed by atoms with E-state index in [-0.39, 0.29) is 11.6 Å². The third-order valence-corrected chi connectivity index (χ3v) is 6.89. The van der Waals surface area contributed by atoms with Gasteiger partial charge < -0.3 is 9.64 Å². The van der Waals surface area contributed by atoms with Gasteiger partial charge in [0.2, 0.25) is 5.91 Å². The van der Waals surface area contributed by atoms with E-state index < -0.39 is 0 Å². The Labute approximate surface area is 186 Å². The molecule has 2 fully saturated rings. The first-order chi connectivity index (χ1) is 15.7. The van der Waals surface area contributed by atoms with Crippen LogP contribution in [0.3, 0.4) is 0 Å². The summed E-state index contributed by atoms with van der Waals surface area (Å²) in [5.41, 5.74) is 4.06. The van der Waals surface area contributed by atoms with Crippen molar-refractivity contribution in [3.63, 3.8) is 0 Å². The second-order valence-corrected chi connectivity index (χ2v) is 9.17. The normalized spacial score (nSPS) is 19.8. The molecule has 1 amide bonds. The third kappa shape index (κ3) is 3.51. The van der Waals surface area contributed by atoms with E-state index in [2.05, 4.69) is 22.3 Å². The Morgan fingerprint density at radius 3 is 2.72 bits per heavy atom. The smallest absolute Gasteiger partial charge is 0.347 e. The van der Waals surface area contributed by atoms with Gasteiger partial charge >= 0.3 is 5.69 Å². The Balaban J connectivity index is 1.20. The number of aromatic amines is 1. The maximum atomic E-state index is 12.5. The molecule has 0 unspecified atom stereocenters. The highest BCUT2D eigenvalue weighted by Crippen LogP contribution is 2.34. The molecule has 0 radical (unpaired) electrons. The van der Waals surface area contributed by atoms with Crippen LogP contribution in [-0.2, 0) is 17.6 Å². The number of likely N-dealkylation sites (tertiary alicyclic amines) is 1. The lowest BCUT2D eigenvalue weighted by Crippen LogP contribution is -2.30. The van der Waals surface area contributed by atoms with Crippen LogP contribution in [-0.4, -0.2) is 45.3 Å². The van der Waals surface area contributed by atoms with Crippen molar-refractivity contribution in [2.75, 3.05) is 19.7 Å². The maximum Gasteiger partial charge on any atom is 0.347 e. The van der Waals surface area contributed by atoms with Crippen molar-refractivity contribution in [2.45, 2.75) is 32.1 Å². The van der Waals surface area contributed by atoms with Crippen LogP contribution < -0.4 is 10.4 Å². The largest absolute Gasteiger partial charge is 0.493 e. The van der Waals surface area contributed by atoms with Crippen molar-refractivity contribution in [1.29, 1.82) is 0 Å². The van der Waals surface area contributed by atoms with Gasteiger partial charge in [-0.2, -0.15) is 5.10 Å². The van der Waals surface area contributed by atoms with Gasteiger partial charge in [0, 0.05) is 31.8 Å².